The third-order valence-electron chi connectivity index (χ3n) is 3.30. The topological polar surface area (TPSA) is 46.2 Å². The molecule has 0 spiro atoms. The molecule has 1 N–H and O–H groups in total. The van der Waals surface area contributed by atoms with Crippen LogP contribution in [0.3, 0.4) is 0 Å². The Morgan fingerprint density at radius 1 is 1.10 bits per heavy atom. The predicted octanol–water partition coefficient (Wildman–Crippen LogP) is 4.23. The molecule has 3 nitrogen and oxygen atoms in total. The van der Waals surface area contributed by atoms with E-state index in [-0.39, 0.29) is 6.04 Å². The minimum atomic E-state index is -3.16. The summed E-state index contributed by atoms with van der Waals surface area (Å²) in [6, 6.07) is 12.8. The minimum Gasteiger partial charge on any atom is -0.377 e. The van der Waals surface area contributed by atoms with Crippen LogP contribution in [-0.2, 0) is 9.84 Å². The van der Waals surface area contributed by atoms with Crippen LogP contribution in [0.25, 0.3) is 0 Å². The number of rotatable bonds is 4. The first-order valence-electron chi connectivity index (χ1n) is 6.60. The van der Waals surface area contributed by atoms with Gasteiger partial charge in [0.2, 0.25) is 0 Å². The van der Waals surface area contributed by atoms with Gasteiger partial charge in [-0.15, -0.1) is 0 Å². The van der Waals surface area contributed by atoms with Crippen LogP contribution in [0, 0.1) is 6.92 Å². The van der Waals surface area contributed by atoms with E-state index in [0.717, 1.165) is 16.8 Å². The maximum atomic E-state index is 11.4. The lowest BCUT2D eigenvalue weighted by atomic mass is 10.1. The lowest BCUT2D eigenvalue weighted by molar-refractivity contribution is 0.602. The van der Waals surface area contributed by atoms with E-state index in [0.29, 0.717) is 9.92 Å². The largest absolute Gasteiger partial charge is 0.377 e. The Kier molecular flexibility index (Phi) is 4.59. The Balaban J connectivity index is 2.18. The molecule has 0 aromatic heterocycles. The smallest absolute Gasteiger partial charge is 0.175 e. The second-order valence-corrected chi connectivity index (χ2v) is 7.61. The molecule has 0 aliphatic heterocycles. The zero-order valence-corrected chi connectivity index (χ0v) is 13.8. The molecule has 112 valence electrons. The van der Waals surface area contributed by atoms with Gasteiger partial charge >= 0.3 is 0 Å². The van der Waals surface area contributed by atoms with E-state index >= 15 is 0 Å². The molecule has 0 aliphatic carbocycles. The first kappa shape index (κ1) is 15.9. The Bertz CT molecular complexity index is 739. The first-order valence-corrected chi connectivity index (χ1v) is 8.87. The third kappa shape index (κ3) is 3.99. The molecule has 5 heteroatoms. The molecule has 0 radical (unpaired) electrons. The third-order valence-corrected chi connectivity index (χ3v) is 4.75. The molecule has 0 saturated carbocycles. The lowest BCUT2D eigenvalue weighted by Crippen LogP contribution is -2.07. The van der Waals surface area contributed by atoms with Crippen LogP contribution >= 0.6 is 11.6 Å². The summed E-state index contributed by atoms with van der Waals surface area (Å²) in [6.45, 7) is 3.99. The van der Waals surface area contributed by atoms with Crippen LogP contribution in [0.4, 0.5) is 5.69 Å². The van der Waals surface area contributed by atoms with E-state index in [1.165, 1.54) is 6.26 Å². The molecule has 0 heterocycles. The van der Waals surface area contributed by atoms with E-state index in [9.17, 15) is 8.42 Å². The van der Waals surface area contributed by atoms with Crippen molar-refractivity contribution in [2.24, 2.45) is 0 Å². The molecule has 0 amide bonds. The predicted molar refractivity (Wildman–Crippen MR) is 87.8 cm³/mol. The average molecular weight is 324 g/mol. The number of hydrogen-bond acceptors (Lipinski definition) is 3. The molecule has 2 aromatic carbocycles. The summed E-state index contributed by atoms with van der Waals surface area (Å²) in [7, 11) is -3.16. The number of nitrogens with one attached hydrogen (secondary N) is 1. The van der Waals surface area contributed by atoms with Crippen molar-refractivity contribution in [3.05, 3.63) is 58.6 Å². The van der Waals surface area contributed by atoms with Crippen molar-refractivity contribution >= 4 is 27.1 Å². The molecule has 0 bridgehead atoms. The Morgan fingerprint density at radius 2 is 1.71 bits per heavy atom. The van der Waals surface area contributed by atoms with Crippen LogP contribution in [-0.4, -0.2) is 14.7 Å². The summed E-state index contributed by atoms with van der Waals surface area (Å²) in [4.78, 5) is 0.326. The number of aryl methyl sites for hydroxylation is 1. The van der Waals surface area contributed by atoms with Crippen molar-refractivity contribution in [3.8, 4) is 0 Å². The molecule has 21 heavy (non-hydrogen) atoms. The van der Waals surface area contributed by atoms with E-state index in [1.54, 1.807) is 12.1 Å². The van der Waals surface area contributed by atoms with Gasteiger partial charge in [-0.1, -0.05) is 29.8 Å². The molecule has 0 saturated heterocycles. The zero-order valence-electron chi connectivity index (χ0n) is 12.2. The molecule has 0 fully saturated rings. The van der Waals surface area contributed by atoms with Gasteiger partial charge in [-0.05, 0) is 49.2 Å². The van der Waals surface area contributed by atoms with Crippen LogP contribution in [0.1, 0.15) is 24.1 Å². The summed E-state index contributed by atoms with van der Waals surface area (Å²) in [5.74, 6) is 0. The minimum absolute atomic E-state index is 0.0267. The Morgan fingerprint density at radius 3 is 2.24 bits per heavy atom. The van der Waals surface area contributed by atoms with Crippen LogP contribution in [0.15, 0.2) is 47.4 Å². The summed E-state index contributed by atoms with van der Waals surface area (Å²) < 4.78 is 22.9. The van der Waals surface area contributed by atoms with Crippen LogP contribution in [0.5, 0.6) is 0 Å². The average Bonchev–Trinajstić information content (AvgIpc) is 2.41. The summed E-state index contributed by atoms with van der Waals surface area (Å²) >= 11 is 6.20. The van der Waals surface area contributed by atoms with E-state index in [2.05, 4.69) is 5.32 Å². The molecule has 0 aliphatic rings. The number of anilines is 1. The van der Waals surface area contributed by atoms with Crippen molar-refractivity contribution in [2.45, 2.75) is 24.8 Å². The van der Waals surface area contributed by atoms with Crippen molar-refractivity contribution in [1.29, 1.82) is 0 Å². The highest BCUT2D eigenvalue weighted by Crippen LogP contribution is 2.27. The van der Waals surface area contributed by atoms with Crippen molar-refractivity contribution in [2.75, 3.05) is 11.6 Å². The van der Waals surface area contributed by atoms with E-state index in [4.69, 9.17) is 11.6 Å². The van der Waals surface area contributed by atoms with Gasteiger partial charge in [0.25, 0.3) is 0 Å². The fraction of sp³-hybridized carbons (Fsp3) is 0.250. The standard InChI is InChI=1S/C16H18ClNO2S/c1-11-4-9-16(15(17)10-11)18-12(2)13-5-7-14(8-6-13)21(3,19)20/h4-10,12,18H,1-3H3. The van der Waals surface area contributed by atoms with Gasteiger partial charge in [-0.25, -0.2) is 8.42 Å². The van der Waals surface area contributed by atoms with E-state index in [1.807, 2.05) is 44.2 Å². The fourth-order valence-corrected chi connectivity index (χ4v) is 2.98. The highest BCUT2D eigenvalue weighted by atomic mass is 35.5. The quantitative estimate of drug-likeness (QED) is 0.916. The van der Waals surface area contributed by atoms with Crippen molar-refractivity contribution in [1.82, 2.24) is 0 Å². The van der Waals surface area contributed by atoms with Gasteiger partial charge in [0.15, 0.2) is 9.84 Å². The summed E-state index contributed by atoms with van der Waals surface area (Å²) in [5, 5.41) is 4.01. The number of sulfone groups is 1. The Hall–Kier alpha value is -1.52. The normalized spacial score (nSPS) is 13.0. The maximum absolute atomic E-state index is 11.4. The molecular formula is C16H18ClNO2S. The van der Waals surface area contributed by atoms with Crippen molar-refractivity contribution < 1.29 is 8.42 Å². The molecule has 2 aromatic rings. The number of hydrogen-bond donors (Lipinski definition) is 1. The maximum Gasteiger partial charge on any atom is 0.175 e. The highest BCUT2D eigenvalue weighted by Gasteiger charge is 2.10. The lowest BCUT2D eigenvalue weighted by Gasteiger charge is -2.17. The van der Waals surface area contributed by atoms with Gasteiger partial charge in [0.05, 0.1) is 15.6 Å². The summed E-state index contributed by atoms with van der Waals surface area (Å²) in [5.41, 5.74) is 2.97. The molecular weight excluding hydrogens is 306 g/mol. The number of halogens is 1. The highest BCUT2D eigenvalue weighted by molar-refractivity contribution is 7.90. The second kappa shape index (κ2) is 6.08. The van der Waals surface area contributed by atoms with E-state index < -0.39 is 9.84 Å². The van der Waals surface area contributed by atoms with Gasteiger partial charge in [-0.2, -0.15) is 0 Å². The SMILES string of the molecule is Cc1ccc(NC(C)c2ccc(S(C)(=O)=O)cc2)c(Cl)c1. The van der Waals surface area contributed by atoms with Crippen LogP contribution in [0.2, 0.25) is 5.02 Å². The zero-order chi connectivity index (χ0) is 15.6. The monoisotopic (exact) mass is 323 g/mol. The van der Waals surface area contributed by atoms with Crippen LogP contribution < -0.4 is 5.32 Å². The fourth-order valence-electron chi connectivity index (χ4n) is 2.06. The second-order valence-electron chi connectivity index (χ2n) is 5.19. The van der Waals surface area contributed by atoms with Gasteiger partial charge in [0, 0.05) is 12.3 Å². The molecule has 2 rings (SSSR count). The molecule has 1 atom stereocenters. The Labute approximate surface area is 130 Å². The van der Waals surface area contributed by atoms with Gasteiger partial charge in [-0.3, -0.25) is 0 Å². The van der Waals surface area contributed by atoms with Gasteiger partial charge < -0.3 is 5.32 Å². The first-order chi connectivity index (χ1) is 9.77. The number of benzene rings is 2. The van der Waals surface area contributed by atoms with Crippen molar-refractivity contribution in [3.63, 3.8) is 0 Å². The summed E-state index contributed by atoms with van der Waals surface area (Å²) in [6.07, 6.45) is 1.20. The molecule has 1 unspecified atom stereocenters. The van der Waals surface area contributed by atoms with Gasteiger partial charge in [0.1, 0.15) is 0 Å².